The maximum absolute atomic E-state index is 6.31. The van der Waals surface area contributed by atoms with Gasteiger partial charge in [-0.1, -0.05) is 11.6 Å². The van der Waals surface area contributed by atoms with Gasteiger partial charge in [0.2, 0.25) is 0 Å². The van der Waals surface area contributed by atoms with Crippen molar-refractivity contribution >= 4 is 11.6 Å². The highest BCUT2D eigenvalue weighted by molar-refractivity contribution is 6.31. The van der Waals surface area contributed by atoms with Gasteiger partial charge in [0.05, 0.1) is 13.7 Å². The van der Waals surface area contributed by atoms with E-state index in [2.05, 4.69) is 5.32 Å². The summed E-state index contributed by atoms with van der Waals surface area (Å²) in [5.74, 6) is 1.98. The molecular weight excluding hydrogens is 238 g/mol. The smallest absolute Gasteiger partial charge is 0.166 e. The summed E-state index contributed by atoms with van der Waals surface area (Å²) in [7, 11) is 1.66. The Kier molecular flexibility index (Phi) is 4.13. The van der Waals surface area contributed by atoms with E-state index in [0.29, 0.717) is 12.5 Å². The van der Waals surface area contributed by atoms with Crippen LogP contribution < -0.4 is 14.8 Å². The summed E-state index contributed by atoms with van der Waals surface area (Å²) < 4.78 is 11.1. The minimum Gasteiger partial charge on any atom is -0.493 e. The summed E-state index contributed by atoms with van der Waals surface area (Å²) in [6.07, 6.45) is 1.09. The Morgan fingerprint density at radius 3 is 2.88 bits per heavy atom. The first-order chi connectivity index (χ1) is 8.27. The largest absolute Gasteiger partial charge is 0.493 e. The second kappa shape index (κ2) is 5.61. The highest BCUT2D eigenvalue weighted by Gasteiger charge is 2.25. The van der Waals surface area contributed by atoms with Gasteiger partial charge in [0.15, 0.2) is 11.5 Å². The average molecular weight is 256 g/mol. The van der Waals surface area contributed by atoms with Gasteiger partial charge in [-0.2, -0.15) is 0 Å². The number of halogens is 1. The van der Waals surface area contributed by atoms with E-state index in [1.54, 1.807) is 7.11 Å². The van der Waals surface area contributed by atoms with Crippen LogP contribution in [0.1, 0.15) is 24.8 Å². The number of rotatable bonds is 4. The summed E-state index contributed by atoms with van der Waals surface area (Å²) in [6.45, 7) is 4.57. The zero-order valence-electron chi connectivity index (χ0n) is 10.3. The lowest BCUT2D eigenvalue weighted by atomic mass is 9.97. The molecular formula is C13H18ClNO2. The Hall–Kier alpha value is -0.930. The fourth-order valence-corrected chi connectivity index (χ4v) is 2.59. The lowest BCUT2D eigenvalue weighted by Crippen LogP contribution is -2.10. The highest BCUT2D eigenvalue weighted by atomic mass is 35.5. The van der Waals surface area contributed by atoms with E-state index < -0.39 is 0 Å². The van der Waals surface area contributed by atoms with Crippen LogP contribution in [0.3, 0.4) is 0 Å². The van der Waals surface area contributed by atoms with Crippen molar-refractivity contribution in [3.05, 3.63) is 22.7 Å². The third kappa shape index (κ3) is 2.50. The van der Waals surface area contributed by atoms with E-state index >= 15 is 0 Å². The molecule has 94 valence electrons. The molecule has 1 aromatic carbocycles. The monoisotopic (exact) mass is 255 g/mol. The lowest BCUT2D eigenvalue weighted by Gasteiger charge is -2.19. The SMILES string of the molecule is CCOc1c(OC)ccc(Cl)c1C1CCNC1. The van der Waals surface area contributed by atoms with Crippen LogP contribution in [-0.2, 0) is 0 Å². The van der Waals surface area contributed by atoms with Crippen molar-refractivity contribution in [2.24, 2.45) is 0 Å². The first-order valence-corrected chi connectivity index (χ1v) is 6.35. The Morgan fingerprint density at radius 2 is 2.29 bits per heavy atom. The minimum absolute atomic E-state index is 0.416. The van der Waals surface area contributed by atoms with Gasteiger partial charge in [-0.25, -0.2) is 0 Å². The number of benzene rings is 1. The van der Waals surface area contributed by atoms with Crippen molar-refractivity contribution in [2.75, 3.05) is 26.8 Å². The third-order valence-corrected chi connectivity index (χ3v) is 3.41. The van der Waals surface area contributed by atoms with Crippen LogP contribution in [0.4, 0.5) is 0 Å². The molecule has 0 aliphatic carbocycles. The predicted octanol–water partition coefficient (Wildman–Crippen LogP) is 2.82. The number of hydrogen-bond acceptors (Lipinski definition) is 3. The molecule has 1 fully saturated rings. The number of methoxy groups -OCH3 is 1. The molecule has 1 unspecified atom stereocenters. The van der Waals surface area contributed by atoms with E-state index in [9.17, 15) is 0 Å². The molecule has 17 heavy (non-hydrogen) atoms. The molecule has 1 N–H and O–H groups in total. The van der Waals surface area contributed by atoms with Crippen LogP contribution in [-0.4, -0.2) is 26.8 Å². The van der Waals surface area contributed by atoms with Crippen molar-refractivity contribution in [1.82, 2.24) is 5.32 Å². The van der Waals surface area contributed by atoms with E-state index in [0.717, 1.165) is 41.6 Å². The van der Waals surface area contributed by atoms with Crippen LogP contribution in [0.2, 0.25) is 5.02 Å². The van der Waals surface area contributed by atoms with E-state index in [4.69, 9.17) is 21.1 Å². The topological polar surface area (TPSA) is 30.5 Å². The molecule has 0 saturated carbocycles. The second-order valence-corrected chi connectivity index (χ2v) is 4.52. The standard InChI is InChI=1S/C13H18ClNO2/c1-3-17-13-11(16-2)5-4-10(14)12(13)9-6-7-15-8-9/h4-5,9,15H,3,6-8H2,1-2H3. The van der Waals surface area contributed by atoms with Gasteiger partial charge in [-0.05, 0) is 32.0 Å². The van der Waals surface area contributed by atoms with Gasteiger partial charge in [0.1, 0.15) is 0 Å². The van der Waals surface area contributed by atoms with Crippen molar-refractivity contribution in [3.63, 3.8) is 0 Å². The molecule has 4 heteroatoms. The maximum Gasteiger partial charge on any atom is 0.166 e. The molecule has 1 aromatic rings. The molecule has 1 aliphatic rings. The average Bonchev–Trinajstić information content (AvgIpc) is 2.83. The molecule has 1 saturated heterocycles. The number of nitrogens with one attached hydrogen (secondary N) is 1. The van der Waals surface area contributed by atoms with Crippen molar-refractivity contribution in [3.8, 4) is 11.5 Å². The maximum atomic E-state index is 6.31. The van der Waals surface area contributed by atoms with Crippen LogP contribution in [0.5, 0.6) is 11.5 Å². The zero-order valence-corrected chi connectivity index (χ0v) is 11.0. The summed E-state index contributed by atoms with van der Waals surface area (Å²) in [5.41, 5.74) is 1.08. The fourth-order valence-electron chi connectivity index (χ4n) is 2.29. The number of hydrogen-bond donors (Lipinski definition) is 1. The van der Waals surface area contributed by atoms with Crippen LogP contribution >= 0.6 is 11.6 Å². The number of ether oxygens (including phenoxy) is 2. The predicted molar refractivity (Wildman–Crippen MR) is 69.4 cm³/mol. The summed E-state index contributed by atoms with van der Waals surface area (Å²) in [4.78, 5) is 0. The first kappa shape index (κ1) is 12.5. The first-order valence-electron chi connectivity index (χ1n) is 5.97. The van der Waals surface area contributed by atoms with Crippen LogP contribution in [0.15, 0.2) is 12.1 Å². The Bertz CT molecular complexity index is 389. The van der Waals surface area contributed by atoms with E-state index in [-0.39, 0.29) is 0 Å². The van der Waals surface area contributed by atoms with E-state index in [1.165, 1.54) is 0 Å². The van der Waals surface area contributed by atoms with Gasteiger partial charge in [0.25, 0.3) is 0 Å². The Morgan fingerprint density at radius 1 is 1.47 bits per heavy atom. The molecule has 1 atom stereocenters. The molecule has 1 aliphatic heterocycles. The molecule has 1 heterocycles. The normalized spacial score (nSPS) is 19.4. The summed E-state index contributed by atoms with van der Waals surface area (Å²) >= 11 is 6.31. The van der Waals surface area contributed by atoms with Crippen LogP contribution in [0.25, 0.3) is 0 Å². The quantitative estimate of drug-likeness (QED) is 0.898. The molecule has 0 radical (unpaired) electrons. The van der Waals surface area contributed by atoms with Crippen LogP contribution in [0, 0.1) is 0 Å². The molecule has 0 amide bonds. The van der Waals surface area contributed by atoms with Gasteiger partial charge >= 0.3 is 0 Å². The third-order valence-electron chi connectivity index (χ3n) is 3.08. The molecule has 0 aromatic heterocycles. The minimum atomic E-state index is 0.416. The van der Waals surface area contributed by atoms with Crippen molar-refractivity contribution in [1.29, 1.82) is 0 Å². The zero-order chi connectivity index (χ0) is 12.3. The summed E-state index contributed by atoms with van der Waals surface area (Å²) in [6, 6.07) is 3.75. The Balaban J connectivity index is 2.44. The van der Waals surface area contributed by atoms with Crippen molar-refractivity contribution in [2.45, 2.75) is 19.3 Å². The molecule has 0 spiro atoms. The van der Waals surface area contributed by atoms with Gasteiger partial charge in [-0.3, -0.25) is 0 Å². The van der Waals surface area contributed by atoms with Crippen molar-refractivity contribution < 1.29 is 9.47 Å². The molecule has 2 rings (SSSR count). The van der Waals surface area contributed by atoms with Gasteiger partial charge in [-0.15, -0.1) is 0 Å². The fraction of sp³-hybridized carbons (Fsp3) is 0.538. The summed E-state index contributed by atoms with van der Waals surface area (Å²) in [5, 5.41) is 4.12. The molecule has 3 nitrogen and oxygen atoms in total. The molecule has 0 bridgehead atoms. The lowest BCUT2D eigenvalue weighted by molar-refractivity contribution is 0.306. The second-order valence-electron chi connectivity index (χ2n) is 4.12. The Labute approximate surface area is 107 Å². The highest BCUT2D eigenvalue weighted by Crippen LogP contribution is 2.42. The van der Waals surface area contributed by atoms with Gasteiger partial charge in [0, 0.05) is 23.0 Å². The van der Waals surface area contributed by atoms with E-state index in [1.807, 2.05) is 19.1 Å². The van der Waals surface area contributed by atoms with Gasteiger partial charge < -0.3 is 14.8 Å².